The summed E-state index contributed by atoms with van der Waals surface area (Å²) >= 11 is 0. The Hall–Kier alpha value is -1.44. The number of carbonyl (C=O) groups is 1. The van der Waals surface area contributed by atoms with Gasteiger partial charge in [0.25, 0.3) is 10.0 Å². The monoisotopic (exact) mass is 258 g/mol. The Morgan fingerprint density at radius 1 is 1.35 bits per heavy atom. The number of hydrogen-bond donors (Lipinski definition) is 2. The number of sulfonamides is 1. The molecule has 1 aromatic carbocycles. The van der Waals surface area contributed by atoms with Gasteiger partial charge in [-0.3, -0.25) is 0 Å². The Kier molecular flexibility index (Phi) is 3.87. The van der Waals surface area contributed by atoms with Gasteiger partial charge in [-0.1, -0.05) is 6.07 Å². The summed E-state index contributed by atoms with van der Waals surface area (Å²) in [6.07, 6.45) is 0. The average Bonchev–Trinajstić information content (AvgIpc) is 2.14. The lowest BCUT2D eigenvalue weighted by atomic mass is 10.1. The topological polar surface area (TPSA) is 86.7 Å². The van der Waals surface area contributed by atoms with E-state index in [0.717, 1.165) is 0 Å². The van der Waals surface area contributed by atoms with E-state index in [9.17, 15) is 13.2 Å². The lowest BCUT2D eigenvalue weighted by Gasteiger charge is -2.14. The van der Waals surface area contributed by atoms with Crippen LogP contribution in [0.3, 0.4) is 0 Å². The molecule has 6 nitrogen and oxygen atoms in total. The summed E-state index contributed by atoms with van der Waals surface area (Å²) < 4.78 is 23.8. The zero-order valence-electron chi connectivity index (χ0n) is 9.76. The van der Waals surface area contributed by atoms with Crippen molar-refractivity contribution < 1.29 is 18.3 Å². The van der Waals surface area contributed by atoms with Crippen molar-refractivity contribution in [3.8, 4) is 0 Å². The Balaban J connectivity index is 3.33. The predicted octanol–water partition coefficient (Wildman–Crippen LogP) is 0.448. The fraction of sp³-hybridized carbons (Fsp3) is 0.300. The molecule has 2 N–H and O–H groups in total. The Morgan fingerprint density at radius 2 is 1.94 bits per heavy atom. The molecular formula is C10H14N2O4S. The van der Waals surface area contributed by atoms with Gasteiger partial charge in [0, 0.05) is 14.1 Å². The number of aromatic carboxylic acids is 1. The quantitative estimate of drug-likeness (QED) is 0.766. The van der Waals surface area contributed by atoms with E-state index in [4.69, 9.17) is 5.11 Å². The van der Waals surface area contributed by atoms with E-state index in [0.29, 0.717) is 0 Å². The molecule has 0 aromatic heterocycles. The largest absolute Gasteiger partial charge is 0.478 e. The maximum absolute atomic E-state index is 11.9. The minimum Gasteiger partial charge on any atom is -0.478 e. The van der Waals surface area contributed by atoms with Crippen molar-refractivity contribution in [2.24, 2.45) is 0 Å². The number of nitrogens with one attached hydrogen (secondary N) is 1. The van der Waals surface area contributed by atoms with E-state index in [1.54, 1.807) is 0 Å². The van der Waals surface area contributed by atoms with Crippen LogP contribution in [0.2, 0.25) is 0 Å². The van der Waals surface area contributed by atoms with Crippen LogP contribution in [0.1, 0.15) is 15.9 Å². The molecule has 94 valence electrons. The van der Waals surface area contributed by atoms with Gasteiger partial charge in [0.15, 0.2) is 0 Å². The normalized spacial score (nSPS) is 11.8. The fourth-order valence-corrected chi connectivity index (χ4v) is 2.78. The Bertz CT molecular complexity index is 537. The molecule has 0 heterocycles. The lowest BCUT2D eigenvalue weighted by molar-refractivity contribution is 0.0696. The van der Waals surface area contributed by atoms with Gasteiger partial charge in [-0.25, -0.2) is 18.2 Å². The number of nitrogens with zero attached hydrogens (tertiary/aromatic N) is 1. The first-order valence-electron chi connectivity index (χ1n) is 4.78. The van der Waals surface area contributed by atoms with Crippen LogP contribution in [0.4, 0.5) is 0 Å². The summed E-state index contributed by atoms with van der Waals surface area (Å²) in [5, 5.41) is 10.2. The number of hydrazine groups is 1. The number of carboxylic acids is 1. The van der Waals surface area contributed by atoms with Crippen molar-refractivity contribution in [3.63, 3.8) is 0 Å². The van der Waals surface area contributed by atoms with Crippen molar-refractivity contribution in [1.29, 1.82) is 0 Å². The number of hydrogen-bond acceptors (Lipinski definition) is 4. The van der Waals surface area contributed by atoms with Gasteiger partial charge in [0.1, 0.15) is 0 Å². The molecule has 7 heteroatoms. The molecule has 0 radical (unpaired) electrons. The van der Waals surface area contributed by atoms with Crippen molar-refractivity contribution in [2.75, 3.05) is 14.1 Å². The summed E-state index contributed by atoms with van der Waals surface area (Å²) in [5.41, 5.74) is 0.195. The van der Waals surface area contributed by atoms with Crippen LogP contribution >= 0.6 is 0 Å². The third-order valence-corrected chi connectivity index (χ3v) is 3.73. The van der Waals surface area contributed by atoms with E-state index in [1.165, 1.54) is 44.2 Å². The van der Waals surface area contributed by atoms with E-state index in [2.05, 4.69) is 4.83 Å². The number of carboxylic acid groups (broad SMARTS) is 1. The zero-order chi connectivity index (χ0) is 13.2. The molecule has 0 atom stereocenters. The summed E-state index contributed by atoms with van der Waals surface area (Å²) in [5.74, 6) is -1.15. The molecule has 0 aliphatic rings. The van der Waals surface area contributed by atoms with E-state index >= 15 is 0 Å². The van der Waals surface area contributed by atoms with Crippen LogP contribution in [-0.2, 0) is 10.0 Å². The van der Waals surface area contributed by atoms with E-state index in [-0.39, 0.29) is 16.0 Å². The predicted molar refractivity (Wildman–Crippen MR) is 62.1 cm³/mol. The summed E-state index contributed by atoms with van der Waals surface area (Å²) in [6, 6.07) is 4.14. The molecule has 0 unspecified atom stereocenters. The second kappa shape index (κ2) is 4.82. The highest BCUT2D eigenvalue weighted by atomic mass is 32.2. The lowest BCUT2D eigenvalue weighted by Crippen LogP contribution is -2.36. The molecule has 0 aliphatic heterocycles. The molecule has 1 rings (SSSR count). The molecule has 0 fully saturated rings. The molecule has 0 aliphatic carbocycles. The van der Waals surface area contributed by atoms with Crippen molar-refractivity contribution in [1.82, 2.24) is 9.84 Å². The van der Waals surface area contributed by atoms with Crippen LogP contribution in [0.15, 0.2) is 23.1 Å². The van der Waals surface area contributed by atoms with Crippen molar-refractivity contribution in [2.45, 2.75) is 11.8 Å². The SMILES string of the molecule is Cc1c(C(=O)O)cccc1S(=O)(=O)NN(C)C. The molecule has 0 amide bonds. The summed E-state index contributed by atoms with van der Waals surface area (Å²) in [6.45, 7) is 1.47. The molecule has 1 aromatic rings. The van der Waals surface area contributed by atoms with Gasteiger partial charge in [0.2, 0.25) is 0 Å². The first-order chi connectivity index (χ1) is 7.75. The summed E-state index contributed by atoms with van der Waals surface area (Å²) in [4.78, 5) is 13.1. The number of rotatable bonds is 4. The first-order valence-corrected chi connectivity index (χ1v) is 6.26. The van der Waals surface area contributed by atoms with Gasteiger partial charge < -0.3 is 5.11 Å². The van der Waals surface area contributed by atoms with Crippen molar-refractivity contribution >= 4 is 16.0 Å². The van der Waals surface area contributed by atoms with Crippen molar-refractivity contribution in [3.05, 3.63) is 29.3 Å². The molecule has 17 heavy (non-hydrogen) atoms. The maximum atomic E-state index is 11.9. The smallest absolute Gasteiger partial charge is 0.335 e. The van der Waals surface area contributed by atoms with Gasteiger partial charge in [0.05, 0.1) is 10.5 Å². The minimum atomic E-state index is -3.73. The fourth-order valence-electron chi connectivity index (χ4n) is 1.43. The van der Waals surface area contributed by atoms with Crippen LogP contribution in [0.5, 0.6) is 0 Å². The highest BCUT2D eigenvalue weighted by Crippen LogP contribution is 2.18. The molecular weight excluding hydrogens is 244 g/mol. The second-order valence-corrected chi connectivity index (χ2v) is 5.35. The van der Waals surface area contributed by atoms with E-state index in [1.807, 2.05) is 0 Å². The average molecular weight is 258 g/mol. The van der Waals surface area contributed by atoms with Gasteiger partial charge in [-0.15, -0.1) is 4.83 Å². The third-order valence-electron chi connectivity index (χ3n) is 2.11. The van der Waals surface area contributed by atoms with Crippen LogP contribution in [0, 0.1) is 6.92 Å². The highest BCUT2D eigenvalue weighted by Gasteiger charge is 2.20. The highest BCUT2D eigenvalue weighted by molar-refractivity contribution is 7.89. The summed E-state index contributed by atoms with van der Waals surface area (Å²) in [7, 11) is -0.662. The minimum absolute atomic E-state index is 0.0216. The van der Waals surface area contributed by atoms with Crippen LogP contribution < -0.4 is 4.83 Å². The Morgan fingerprint density at radius 3 is 2.41 bits per heavy atom. The maximum Gasteiger partial charge on any atom is 0.335 e. The van der Waals surface area contributed by atoms with Gasteiger partial charge in [-0.05, 0) is 24.6 Å². The second-order valence-electron chi connectivity index (χ2n) is 3.72. The van der Waals surface area contributed by atoms with E-state index < -0.39 is 16.0 Å². The first kappa shape index (κ1) is 13.6. The molecule has 0 saturated carbocycles. The van der Waals surface area contributed by atoms with Gasteiger partial charge in [-0.2, -0.15) is 0 Å². The van der Waals surface area contributed by atoms with Crippen LogP contribution in [0.25, 0.3) is 0 Å². The molecule has 0 bridgehead atoms. The number of benzene rings is 1. The molecule has 0 saturated heterocycles. The van der Waals surface area contributed by atoms with Gasteiger partial charge >= 0.3 is 5.97 Å². The standard InChI is InChI=1S/C10H14N2O4S/c1-7-8(10(13)14)5-4-6-9(7)17(15,16)11-12(2)3/h4-6,11H,1-3H3,(H,13,14). The third kappa shape index (κ3) is 3.02. The zero-order valence-corrected chi connectivity index (χ0v) is 10.6. The Labute approximate surface area is 99.9 Å². The molecule has 0 spiro atoms. The van der Waals surface area contributed by atoms with Crippen LogP contribution in [-0.4, -0.2) is 38.6 Å².